The van der Waals surface area contributed by atoms with Crippen molar-refractivity contribution >= 4 is 11.7 Å². The molecule has 1 aromatic carbocycles. The van der Waals surface area contributed by atoms with Gasteiger partial charge in [0.1, 0.15) is 11.4 Å². The number of Topliss-reactive ketones (excluding diaryl/α,β-unsaturated/α-hetero) is 1. The minimum atomic E-state index is -0.502. The quantitative estimate of drug-likeness (QED) is 0.909. The molecule has 0 radical (unpaired) electrons. The van der Waals surface area contributed by atoms with Crippen molar-refractivity contribution in [2.75, 3.05) is 0 Å². The van der Waals surface area contributed by atoms with E-state index in [-0.39, 0.29) is 29.6 Å². The summed E-state index contributed by atoms with van der Waals surface area (Å²) in [6.45, 7) is 1.98. The molecule has 1 aliphatic heterocycles. The van der Waals surface area contributed by atoms with Gasteiger partial charge in [0.05, 0.1) is 18.0 Å². The number of fused-ring (bicyclic) bond motifs is 3. The maximum Gasteiger partial charge on any atom is 0.224 e. The molecule has 0 unspecified atom stereocenters. The van der Waals surface area contributed by atoms with Crippen molar-refractivity contribution in [3.05, 3.63) is 59.9 Å². The van der Waals surface area contributed by atoms with Gasteiger partial charge in [0, 0.05) is 24.2 Å². The molecule has 1 aromatic heterocycles. The zero-order valence-corrected chi connectivity index (χ0v) is 15.2. The largest absolute Gasteiger partial charge is 0.486 e. The van der Waals surface area contributed by atoms with E-state index in [0.29, 0.717) is 23.7 Å². The lowest BCUT2D eigenvalue weighted by Gasteiger charge is -2.37. The van der Waals surface area contributed by atoms with E-state index in [1.807, 2.05) is 43.3 Å². The van der Waals surface area contributed by atoms with Crippen LogP contribution in [0.4, 0.5) is 0 Å². The van der Waals surface area contributed by atoms with Crippen molar-refractivity contribution in [1.29, 1.82) is 0 Å². The van der Waals surface area contributed by atoms with Crippen LogP contribution in [-0.2, 0) is 4.79 Å². The lowest BCUT2D eigenvalue weighted by molar-refractivity contribution is -0.124. The first-order valence-electron chi connectivity index (χ1n) is 9.61. The Morgan fingerprint density at radius 3 is 2.85 bits per heavy atom. The highest BCUT2D eigenvalue weighted by Crippen LogP contribution is 2.65. The van der Waals surface area contributed by atoms with Gasteiger partial charge >= 0.3 is 0 Å². The number of carbonyl (C=O) groups is 2. The van der Waals surface area contributed by atoms with Gasteiger partial charge in [-0.1, -0.05) is 12.1 Å². The molecule has 0 bridgehead atoms. The molecule has 0 saturated heterocycles. The minimum absolute atomic E-state index is 0.0545. The van der Waals surface area contributed by atoms with Crippen molar-refractivity contribution in [1.82, 2.24) is 10.3 Å². The number of benzene rings is 1. The number of aromatic nitrogens is 1. The second-order valence-electron chi connectivity index (χ2n) is 8.03. The molecule has 5 nitrogen and oxygen atoms in total. The zero-order chi connectivity index (χ0) is 18.6. The van der Waals surface area contributed by atoms with Crippen LogP contribution in [-0.4, -0.2) is 22.3 Å². The van der Waals surface area contributed by atoms with Crippen molar-refractivity contribution in [3.8, 4) is 5.75 Å². The average Bonchev–Trinajstić information content (AvgIpc) is 3.34. The molecule has 5 rings (SSSR count). The van der Waals surface area contributed by atoms with Gasteiger partial charge in [-0.3, -0.25) is 14.6 Å². The summed E-state index contributed by atoms with van der Waals surface area (Å²) in [6.07, 6.45) is 5.65. The summed E-state index contributed by atoms with van der Waals surface area (Å²) in [4.78, 5) is 29.6. The number of nitrogens with zero attached hydrogens (tertiary/aromatic N) is 1. The predicted molar refractivity (Wildman–Crippen MR) is 99.2 cm³/mol. The summed E-state index contributed by atoms with van der Waals surface area (Å²) in [5.74, 6) is 1.29. The Labute approximate surface area is 158 Å². The molecule has 2 heterocycles. The maximum atomic E-state index is 12.9. The Hall–Kier alpha value is -2.69. The lowest BCUT2D eigenvalue weighted by Crippen LogP contribution is -2.44. The number of ether oxygens (including phenoxy) is 1. The number of nitrogens with one attached hydrogen (secondary N) is 1. The van der Waals surface area contributed by atoms with Gasteiger partial charge in [-0.2, -0.15) is 0 Å². The standard InChI is InChI=1S/C22H22N2O3/c1-13(14-7-10-23-11-8-14)24-21(26)19-16-6-9-22(20(16)19)12-17(25)15-4-2-3-5-18(15)27-22/h2-5,7-8,10-11,13,16,19-20H,6,9,12H2,1H3,(H,24,26)/t13-,16-,19+,20+,22+/m0/s1. The second kappa shape index (κ2) is 5.91. The smallest absolute Gasteiger partial charge is 0.224 e. The van der Waals surface area contributed by atoms with E-state index in [1.54, 1.807) is 12.4 Å². The summed E-state index contributed by atoms with van der Waals surface area (Å²) in [5.41, 5.74) is 1.20. The van der Waals surface area contributed by atoms with Gasteiger partial charge in [-0.15, -0.1) is 0 Å². The van der Waals surface area contributed by atoms with Gasteiger partial charge in [0.25, 0.3) is 0 Å². The van der Waals surface area contributed by atoms with Crippen LogP contribution < -0.4 is 10.1 Å². The van der Waals surface area contributed by atoms with E-state index in [2.05, 4.69) is 10.3 Å². The summed E-state index contributed by atoms with van der Waals surface area (Å²) < 4.78 is 6.37. The first-order chi connectivity index (χ1) is 13.1. The van der Waals surface area contributed by atoms with Crippen LogP contribution >= 0.6 is 0 Å². The number of carbonyl (C=O) groups excluding carboxylic acids is 2. The van der Waals surface area contributed by atoms with E-state index in [1.165, 1.54) is 0 Å². The van der Waals surface area contributed by atoms with E-state index in [4.69, 9.17) is 4.74 Å². The van der Waals surface area contributed by atoms with Gasteiger partial charge in [-0.05, 0) is 55.5 Å². The molecule has 27 heavy (non-hydrogen) atoms. The molecule has 2 aromatic rings. The van der Waals surface area contributed by atoms with Gasteiger partial charge in [0.15, 0.2) is 5.78 Å². The van der Waals surface area contributed by atoms with Gasteiger partial charge < -0.3 is 10.1 Å². The third-order valence-electron chi connectivity index (χ3n) is 6.50. The maximum absolute atomic E-state index is 12.9. The fourth-order valence-electron chi connectivity index (χ4n) is 5.16. The summed E-state index contributed by atoms with van der Waals surface area (Å²) in [5, 5.41) is 3.13. The normalized spacial score (nSPS) is 31.6. The SMILES string of the molecule is C[C@H](NC(=O)[C@@H]1[C@@H]2CC[C@@]3(CC(=O)c4ccccc4O3)[C@H]21)c1ccncc1. The summed E-state index contributed by atoms with van der Waals surface area (Å²) in [6, 6.07) is 11.2. The molecule has 5 heteroatoms. The molecular formula is C22H22N2O3. The summed E-state index contributed by atoms with van der Waals surface area (Å²) >= 11 is 0. The Morgan fingerprint density at radius 2 is 2.04 bits per heavy atom. The molecule has 3 aliphatic rings. The fraction of sp³-hybridized carbons (Fsp3) is 0.409. The number of pyridine rings is 1. The molecule has 5 atom stereocenters. The van der Waals surface area contributed by atoms with Crippen LogP contribution in [0, 0.1) is 17.8 Å². The number of hydrogen-bond donors (Lipinski definition) is 1. The molecule has 138 valence electrons. The third-order valence-corrected chi connectivity index (χ3v) is 6.50. The Balaban J connectivity index is 1.33. The van der Waals surface area contributed by atoms with Crippen LogP contribution in [0.25, 0.3) is 0 Å². The van der Waals surface area contributed by atoms with Crippen LogP contribution in [0.5, 0.6) is 5.75 Å². The molecule has 2 saturated carbocycles. The topological polar surface area (TPSA) is 68.3 Å². The number of hydrogen-bond acceptors (Lipinski definition) is 4. The molecule has 2 fully saturated rings. The van der Waals surface area contributed by atoms with Crippen molar-refractivity contribution in [3.63, 3.8) is 0 Å². The fourth-order valence-corrected chi connectivity index (χ4v) is 5.16. The highest BCUT2D eigenvalue weighted by Gasteiger charge is 2.70. The third kappa shape index (κ3) is 2.56. The molecule has 2 aliphatic carbocycles. The van der Waals surface area contributed by atoms with Crippen LogP contribution in [0.3, 0.4) is 0 Å². The highest BCUT2D eigenvalue weighted by atomic mass is 16.5. The number of ketones is 1. The molecule has 1 N–H and O–H groups in total. The molecular weight excluding hydrogens is 340 g/mol. The first-order valence-corrected chi connectivity index (χ1v) is 9.61. The van der Waals surface area contributed by atoms with E-state index < -0.39 is 5.60 Å². The average molecular weight is 362 g/mol. The molecule has 1 amide bonds. The van der Waals surface area contributed by atoms with Crippen molar-refractivity contribution in [2.45, 2.75) is 37.8 Å². The van der Waals surface area contributed by atoms with Crippen LogP contribution in [0.15, 0.2) is 48.8 Å². The zero-order valence-electron chi connectivity index (χ0n) is 15.2. The number of amides is 1. The highest BCUT2D eigenvalue weighted by molar-refractivity contribution is 6.00. The Morgan fingerprint density at radius 1 is 1.26 bits per heavy atom. The monoisotopic (exact) mass is 362 g/mol. The molecule has 1 spiro atoms. The summed E-state index contributed by atoms with van der Waals surface area (Å²) in [7, 11) is 0. The first kappa shape index (κ1) is 16.5. The van der Waals surface area contributed by atoms with Crippen molar-refractivity contribution in [2.24, 2.45) is 17.8 Å². The van der Waals surface area contributed by atoms with Gasteiger partial charge in [0.2, 0.25) is 5.91 Å². The van der Waals surface area contributed by atoms with E-state index in [0.717, 1.165) is 18.4 Å². The van der Waals surface area contributed by atoms with Crippen molar-refractivity contribution < 1.29 is 14.3 Å². The van der Waals surface area contributed by atoms with Crippen LogP contribution in [0.2, 0.25) is 0 Å². The van der Waals surface area contributed by atoms with E-state index in [9.17, 15) is 9.59 Å². The Kier molecular flexibility index (Phi) is 3.61. The lowest BCUT2D eigenvalue weighted by atomic mass is 9.84. The van der Waals surface area contributed by atoms with Crippen LogP contribution in [0.1, 0.15) is 48.1 Å². The van der Waals surface area contributed by atoms with E-state index >= 15 is 0 Å². The Bertz CT molecular complexity index is 913. The number of para-hydroxylation sites is 1. The predicted octanol–water partition coefficient (Wildman–Crippen LogP) is 3.32. The van der Waals surface area contributed by atoms with Gasteiger partial charge in [-0.25, -0.2) is 0 Å². The number of rotatable bonds is 3. The second-order valence-corrected chi connectivity index (χ2v) is 8.03. The minimum Gasteiger partial charge on any atom is -0.486 e.